The lowest BCUT2D eigenvalue weighted by Crippen LogP contribution is -2.31. The molecule has 0 spiro atoms. The molecule has 0 aliphatic carbocycles. The van der Waals surface area contributed by atoms with Gasteiger partial charge in [0.2, 0.25) is 0 Å². The van der Waals surface area contributed by atoms with E-state index in [2.05, 4.69) is 6.07 Å². The molecule has 2 atom stereocenters. The molecule has 2 nitrogen and oxygen atoms in total. The summed E-state index contributed by atoms with van der Waals surface area (Å²) in [6.07, 6.45) is 0.933. The average Bonchev–Trinajstić information content (AvgIpc) is 2.46. The smallest absolute Gasteiger partial charge is 0.122 e. The maximum absolute atomic E-state index is 6.36. The van der Waals surface area contributed by atoms with Gasteiger partial charge in [0.25, 0.3) is 0 Å². The van der Waals surface area contributed by atoms with E-state index in [1.807, 2.05) is 42.5 Å². The molecule has 2 aromatic rings. The monoisotopic (exact) mass is 273 g/mol. The van der Waals surface area contributed by atoms with Crippen molar-refractivity contribution in [1.29, 1.82) is 0 Å². The number of nitrogens with two attached hydrogens (primary N) is 1. The molecule has 0 fully saturated rings. The zero-order valence-electron chi connectivity index (χ0n) is 10.6. The van der Waals surface area contributed by atoms with Crippen LogP contribution in [-0.4, -0.2) is 6.61 Å². The molecule has 0 saturated carbocycles. The third-order valence-electron chi connectivity index (χ3n) is 3.68. The standard InChI is InChI=1S/C16H16ClNO/c17-14-7-3-2-6-13(14)16(18)12-9-11-5-1-4-8-15(11)19-10-12/h1-8,12,16H,9-10,18H2. The van der Waals surface area contributed by atoms with E-state index in [-0.39, 0.29) is 12.0 Å². The Morgan fingerprint density at radius 3 is 2.68 bits per heavy atom. The van der Waals surface area contributed by atoms with Crippen LogP contribution in [0.2, 0.25) is 5.02 Å². The van der Waals surface area contributed by atoms with Crippen molar-refractivity contribution in [2.45, 2.75) is 12.5 Å². The number of hydrogen-bond acceptors (Lipinski definition) is 2. The third kappa shape index (κ3) is 2.46. The SMILES string of the molecule is NC(c1ccccc1Cl)C1COc2ccccc2C1. The summed E-state index contributed by atoms with van der Waals surface area (Å²) in [4.78, 5) is 0. The maximum Gasteiger partial charge on any atom is 0.122 e. The van der Waals surface area contributed by atoms with Crippen LogP contribution in [0.1, 0.15) is 17.2 Å². The first-order valence-electron chi connectivity index (χ1n) is 6.46. The lowest BCUT2D eigenvalue weighted by molar-refractivity contribution is 0.200. The maximum atomic E-state index is 6.36. The fourth-order valence-electron chi connectivity index (χ4n) is 2.58. The molecule has 0 amide bonds. The zero-order valence-corrected chi connectivity index (χ0v) is 11.3. The lowest BCUT2D eigenvalue weighted by Gasteiger charge is -2.30. The number of ether oxygens (including phenoxy) is 1. The average molecular weight is 274 g/mol. The van der Waals surface area contributed by atoms with Crippen molar-refractivity contribution in [1.82, 2.24) is 0 Å². The Labute approximate surface area is 118 Å². The van der Waals surface area contributed by atoms with Gasteiger partial charge < -0.3 is 10.5 Å². The summed E-state index contributed by atoms with van der Waals surface area (Å²) in [5.74, 6) is 1.24. The predicted octanol–water partition coefficient (Wildman–Crippen LogP) is 3.59. The Bertz CT molecular complexity index is 584. The molecule has 0 saturated heterocycles. The molecule has 3 rings (SSSR count). The highest BCUT2D eigenvalue weighted by Gasteiger charge is 2.26. The third-order valence-corrected chi connectivity index (χ3v) is 4.02. The van der Waals surface area contributed by atoms with Crippen LogP contribution in [0.3, 0.4) is 0 Å². The molecule has 1 heterocycles. The van der Waals surface area contributed by atoms with E-state index in [1.165, 1.54) is 5.56 Å². The van der Waals surface area contributed by atoms with Crippen LogP contribution >= 0.6 is 11.6 Å². The second-order valence-corrected chi connectivity index (χ2v) is 5.34. The Hall–Kier alpha value is -1.51. The molecule has 3 heteroatoms. The van der Waals surface area contributed by atoms with Crippen LogP contribution in [0, 0.1) is 5.92 Å². The molecule has 98 valence electrons. The molecular weight excluding hydrogens is 258 g/mol. The number of halogens is 1. The van der Waals surface area contributed by atoms with E-state index in [0.717, 1.165) is 22.8 Å². The van der Waals surface area contributed by atoms with Crippen LogP contribution in [0.15, 0.2) is 48.5 Å². The molecule has 19 heavy (non-hydrogen) atoms. The Morgan fingerprint density at radius 1 is 1.11 bits per heavy atom. The van der Waals surface area contributed by atoms with Gasteiger partial charge in [-0.1, -0.05) is 48.0 Å². The Morgan fingerprint density at radius 2 is 1.84 bits per heavy atom. The van der Waals surface area contributed by atoms with Gasteiger partial charge in [-0.25, -0.2) is 0 Å². The van der Waals surface area contributed by atoms with Crippen molar-refractivity contribution < 1.29 is 4.74 Å². The first kappa shape index (κ1) is 12.5. The summed E-state index contributed by atoms with van der Waals surface area (Å²) in [6, 6.07) is 15.8. The summed E-state index contributed by atoms with van der Waals surface area (Å²) in [7, 11) is 0. The quantitative estimate of drug-likeness (QED) is 0.907. The van der Waals surface area contributed by atoms with E-state index in [1.54, 1.807) is 0 Å². The van der Waals surface area contributed by atoms with Gasteiger partial charge in [-0.15, -0.1) is 0 Å². The minimum absolute atomic E-state index is 0.0953. The molecule has 0 bridgehead atoms. The predicted molar refractivity (Wildman–Crippen MR) is 77.5 cm³/mol. The summed E-state index contributed by atoms with van der Waals surface area (Å²) >= 11 is 6.22. The summed E-state index contributed by atoms with van der Waals surface area (Å²) in [5, 5.41) is 0.730. The van der Waals surface area contributed by atoms with Crippen molar-refractivity contribution >= 4 is 11.6 Å². The number of rotatable bonds is 2. The normalized spacial score (nSPS) is 19.4. The molecule has 0 radical (unpaired) electrons. The van der Waals surface area contributed by atoms with Gasteiger partial charge in [-0.2, -0.15) is 0 Å². The van der Waals surface area contributed by atoms with Gasteiger partial charge >= 0.3 is 0 Å². The second kappa shape index (κ2) is 5.24. The van der Waals surface area contributed by atoms with Gasteiger partial charge in [0.1, 0.15) is 5.75 Å². The highest BCUT2D eigenvalue weighted by molar-refractivity contribution is 6.31. The minimum Gasteiger partial charge on any atom is -0.493 e. The summed E-state index contributed by atoms with van der Waals surface area (Å²) < 4.78 is 5.80. The zero-order chi connectivity index (χ0) is 13.2. The fraction of sp³-hybridized carbons (Fsp3) is 0.250. The lowest BCUT2D eigenvalue weighted by atomic mass is 9.87. The molecular formula is C16H16ClNO. The van der Waals surface area contributed by atoms with E-state index in [0.29, 0.717) is 6.61 Å². The first-order chi connectivity index (χ1) is 9.25. The number of para-hydroxylation sites is 1. The van der Waals surface area contributed by atoms with Crippen molar-refractivity contribution in [3.63, 3.8) is 0 Å². The molecule has 0 aromatic heterocycles. The molecule has 1 aliphatic heterocycles. The van der Waals surface area contributed by atoms with Crippen molar-refractivity contribution in [3.8, 4) is 5.75 Å². The molecule has 1 aliphatic rings. The van der Waals surface area contributed by atoms with Crippen LogP contribution in [-0.2, 0) is 6.42 Å². The van der Waals surface area contributed by atoms with E-state index >= 15 is 0 Å². The highest BCUT2D eigenvalue weighted by atomic mass is 35.5. The Kier molecular flexibility index (Phi) is 3.45. The van der Waals surface area contributed by atoms with E-state index in [9.17, 15) is 0 Å². The van der Waals surface area contributed by atoms with E-state index in [4.69, 9.17) is 22.1 Å². The molecule has 2 aromatic carbocycles. The summed E-state index contributed by atoms with van der Waals surface area (Å²) in [5.41, 5.74) is 8.58. The van der Waals surface area contributed by atoms with Gasteiger partial charge in [-0.05, 0) is 29.7 Å². The fourth-order valence-corrected chi connectivity index (χ4v) is 2.84. The van der Waals surface area contributed by atoms with Gasteiger partial charge in [-0.3, -0.25) is 0 Å². The van der Waals surface area contributed by atoms with Gasteiger partial charge in [0.15, 0.2) is 0 Å². The van der Waals surface area contributed by atoms with Crippen LogP contribution < -0.4 is 10.5 Å². The molecule has 2 unspecified atom stereocenters. The highest BCUT2D eigenvalue weighted by Crippen LogP contribution is 2.34. The Balaban J connectivity index is 1.83. The van der Waals surface area contributed by atoms with E-state index < -0.39 is 0 Å². The van der Waals surface area contributed by atoms with Crippen molar-refractivity contribution in [3.05, 3.63) is 64.7 Å². The van der Waals surface area contributed by atoms with Crippen LogP contribution in [0.25, 0.3) is 0 Å². The van der Waals surface area contributed by atoms with Crippen molar-refractivity contribution in [2.24, 2.45) is 11.7 Å². The number of benzene rings is 2. The van der Waals surface area contributed by atoms with Crippen molar-refractivity contribution in [2.75, 3.05) is 6.61 Å². The summed E-state index contributed by atoms with van der Waals surface area (Å²) in [6.45, 7) is 0.642. The minimum atomic E-state index is -0.0953. The largest absolute Gasteiger partial charge is 0.493 e. The number of hydrogen-bond donors (Lipinski definition) is 1. The molecule has 2 N–H and O–H groups in total. The topological polar surface area (TPSA) is 35.2 Å². The number of fused-ring (bicyclic) bond motifs is 1. The van der Waals surface area contributed by atoms with Gasteiger partial charge in [0, 0.05) is 17.0 Å². The van der Waals surface area contributed by atoms with Crippen LogP contribution in [0.4, 0.5) is 0 Å². The van der Waals surface area contributed by atoms with Gasteiger partial charge in [0.05, 0.1) is 6.61 Å². The first-order valence-corrected chi connectivity index (χ1v) is 6.84. The second-order valence-electron chi connectivity index (χ2n) is 4.93. The van der Waals surface area contributed by atoms with Crippen LogP contribution in [0.5, 0.6) is 5.75 Å².